The van der Waals surface area contributed by atoms with Gasteiger partial charge in [-0.25, -0.2) is 0 Å². The molecular weight excluding hydrogens is 248 g/mol. The quantitative estimate of drug-likeness (QED) is 0.844. The van der Waals surface area contributed by atoms with Crippen LogP contribution < -0.4 is 0 Å². The highest BCUT2D eigenvalue weighted by Gasteiger charge is 2.20. The van der Waals surface area contributed by atoms with Crippen molar-refractivity contribution in [1.29, 1.82) is 0 Å². The highest BCUT2D eigenvalue weighted by atomic mass is 32.1. The first-order valence-electron chi connectivity index (χ1n) is 6.01. The third kappa shape index (κ3) is 2.09. The second kappa shape index (κ2) is 4.99. The molecule has 0 spiro atoms. The van der Waals surface area contributed by atoms with Gasteiger partial charge in [0, 0.05) is 24.6 Å². The zero-order valence-electron chi connectivity index (χ0n) is 9.87. The summed E-state index contributed by atoms with van der Waals surface area (Å²) in [6, 6.07) is 4.14. The maximum absolute atomic E-state index is 5.53. The van der Waals surface area contributed by atoms with Gasteiger partial charge in [0.05, 0.1) is 12.6 Å². The van der Waals surface area contributed by atoms with Crippen LogP contribution in [-0.2, 0) is 4.74 Å². The van der Waals surface area contributed by atoms with E-state index in [0.29, 0.717) is 11.4 Å². The number of aromatic amines is 1. The average molecular weight is 262 g/mol. The Balaban J connectivity index is 2.03. The largest absolute Gasteiger partial charge is 0.379 e. The van der Waals surface area contributed by atoms with E-state index in [1.54, 1.807) is 12.4 Å². The van der Waals surface area contributed by atoms with Crippen LogP contribution >= 0.6 is 12.2 Å². The average Bonchev–Trinajstić information content (AvgIpc) is 2.83. The van der Waals surface area contributed by atoms with Crippen molar-refractivity contribution < 1.29 is 4.74 Å². The van der Waals surface area contributed by atoms with Gasteiger partial charge in [0.25, 0.3) is 0 Å². The van der Waals surface area contributed by atoms with E-state index >= 15 is 0 Å². The maximum atomic E-state index is 5.53. The van der Waals surface area contributed by atoms with E-state index in [2.05, 4.69) is 19.7 Å². The summed E-state index contributed by atoms with van der Waals surface area (Å²) < 4.78 is 8.24. The summed E-state index contributed by atoms with van der Waals surface area (Å²) in [4.78, 5) is 4.02. The third-order valence-electron chi connectivity index (χ3n) is 3.14. The maximum Gasteiger partial charge on any atom is 0.195 e. The molecule has 6 heteroatoms. The first kappa shape index (κ1) is 11.6. The predicted octanol–water partition coefficient (Wildman–Crippen LogP) is 2.35. The molecule has 0 aliphatic carbocycles. The lowest BCUT2D eigenvalue weighted by Crippen LogP contribution is -2.22. The van der Waals surface area contributed by atoms with E-state index in [4.69, 9.17) is 17.0 Å². The Hall–Kier alpha value is -1.53. The first-order chi connectivity index (χ1) is 8.86. The van der Waals surface area contributed by atoms with Crippen LogP contribution in [0.15, 0.2) is 24.5 Å². The third-order valence-corrected chi connectivity index (χ3v) is 3.43. The van der Waals surface area contributed by atoms with Crippen LogP contribution in [0.2, 0.25) is 0 Å². The summed E-state index contributed by atoms with van der Waals surface area (Å²) in [7, 11) is 0. The second-order valence-electron chi connectivity index (χ2n) is 4.33. The Kier molecular flexibility index (Phi) is 3.21. The summed E-state index contributed by atoms with van der Waals surface area (Å²) in [5.74, 6) is 0.859. The molecule has 0 amide bonds. The van der Waals surface area contributed by atoms with Crippen molar-refractivity contribution in [3.05, 3.63) is 29.3 Å². The Morgan fingerprint density at radius 1 is 1.39 bits per heavy atom. The molecule has 5 nitrogen and oxygen atoms in total. The van der Waals surface area contributed by atoms with Gasteiger partial charge >= 0.3 is 0 Å². The standard InChI is InChI=1S/C12H14N4OS/c18-12-15-14-11(9-3-5-13-6-4-9)16(12)10-2-1-7-17-8-10/h3-6,10H,1-2,7-8H2,(H,15,18). The molecular formula is C12H14N4OS. The minimum Gasteiger partial charge on any atom is -0.379 e. The van der Waals surface area contributed by atoms with Gasteiger partial charge < -0.3 is 4.74 Å². The van der Waals surface area contributed by atoms with Crippen LogP contribution in [0.25, 0.3) is 11.4 Å². The summed E-state index contributed by atoms with van der Waals surface area (Å²) in [6.45, 7) is 1.54. The first-order valence-corrected chi connectivity index (χ1v) is 6.42. The van der Waals surface area contributed by atoms with Crippen LogP contribution in [0.4, 0.5) is 0 Å². The molecule has 1 fully saturated rings. The highest BCUT2D eigenvalue weighted by Crippen LogP contribution is 2.25. The van der Waals surface area contributed by atoms with Gasteiger partial charge in [-0.15, -0.1) is 0 Å². The summed E-state index contributed by atoms with van der Waals surface area (Å²) in [6.07, 6.45) is 5.66. The fourth-order valence-corrected chi connectivity index (χ4v) is 2.56. The molecule has 0 aromatic carbocycles. The van der Waals surface area contributed by atoms with Gasteiger partial charge in [0.2, 0.25) is 0 Å². The number of hydrogen-bond donors (Lipinski definition) is 1. The number of rotatable bonds is 2. The van der Waals surface area contributed by atoms with Crippen molar-refractivity contribution in [1.82, 2.24) is 19.7 Å². The summed E-state index contributed by atoms with van der Waals surface area (Å²) in [5.41, 5.74) is 1.02. The van der Waals surface area contributed by atoms with Crippen molar-refractivity contribution >= 4 is 12.2 Å². The van der Waals surface area contributed by atoms with Gasteiger partial charge in [0.1, 0.15) is 0 Å². The van der Waals surface area contributed by atoms with E-state index in [0.717, 1.165) is 30.8 Å². The van der Waals surface area contributed by atoms with Crippen molar-refractivity contribution in [3.8, 4) is 11.4 Å². The number of ether oxygens (including phenoxy) is 1. The van der Waals surface area contributed by atoms with Crippen LogP contribution in [0.1, 0.15) is 18.9 Å². The number of H-pyrrole nitrogens is 1. The molecule has 1 aliphatic rings. The molecule has 0 saturated carbocycles. The van der Waals surface area contributed by atoms with Crippen molar-refractivity contribution in [2.45, 2.75) is 18.9 Å². The molecule has 3 heterocycles. The number of pyridine rings is 1. The normalized spacial score (nSPS) is 19.9. The fourth-order valence-electron chi connectivity index (χ4n) is 2.28. The SMILES string of the molecule is S=c1[nH]nc(-c2ccncc2)n1C1CCCOC1. The lowest BCUT2D eigenvalue weighted by atomic mass is 10.1. The number of nitrogens with zero attached hydrogens (tertiary/aromatic N) is 3. The minimum absolute atomic E-state index is 0.271. The Bertz CT molecular complexity index is 571. The van der Waals surface area contributed by atoms with E-state index in [9.17, 15) is 0 Å². The van der Waals surface area contributed by atoms with E-state index < -0.39 is 0 Å². The Morgan fingerprint density at radius 2 is 2.22 bits per heavy atom. The lowest BCUT2D eigenvalue weighted by Gasteiger charge is -2.24. The molecule has 0 radical (unpaired) electrons. The molecule has 1 saturated heterocycles. The Labute approximate surface area is 110 Å². The van der Waals surface area contributed by atoms with Crippen LogP contribution in [0.3, 0.4) is 0 Å². The van der Waals surface area contributed by atoms with Gasteiger partial charge in [0.15, 0.2) is 10.6 Å². The molecule has 1 unspecified atom stereocenters. The van der Waals surface area contributed by atoms with Gasteiger partial charge in [-0.1, -0.05) is 0 Å². The van der Waals surface area contributed by atoms with Crippen LogP contribution in [-0.4, -0.2) is 33.0 Å². The predicted molar refractivity (Wildman–Crippen MR) is 69.7 cm³/mol. The molecule has 0 bridgehead atoms. The molecule has 1 atom stereocenters. The smallest absolute Gasteiger partial charge is 0.195 e. The van der Waals surface area contributed by atoms with Crippen molar-refractivity contribution in [2.24, 2.45) is 0 Å². The molecule has 2 aromatic heterocycles. The molecule has 2 aromatic rings. The fraction of sp³-hybridized carbons (Fsp3) is 0.417. The minimum atomic E-state index is 0.271. The topological polar surface area (TPSA) is 55.7 Å². The zero-order valence-corrected chi connectivity index (χ0v) is 10.7. The summed E-state index contributed by atoms with van der Waals surface area (Å²) in [5, 5.41) is 7.20. The number of nitrogens with one attached hydrogen (secondary N) is 1. The van der Waals surface area contributed by atoms with Crippen molar-refractivity contribution in [2.75, 3.05) is 13.2 Å². The van der Waals surface area contributed by atoms with Gasteiger partial charge in [-0.2, -0.15) is 5.10 Å². The highest BCUT2D eigenvalue weighted by molar-refractivity contribution is 7.71. The molecule has 1 N–H and O–H groups in total. The van der Waals surface area contributed by atoms with E-state index in [1.807, 2.05) is 12.1 Å². The van der Waals surface area contributed by atoms with E-state index in [1.165, 1.54) is 0 Å². The Morgan fingerprint density at radius 3 is 2.94 bits per heavy atom. The van der Waals surface area contributed by atoms with Crippen LogP contribution in [0.5, 0.6) is 0 Å². The van der Waals surface area contributed by atoms with E-state index in [-0.39, 0.29) is 6.04 Å². The molecule has 18 heavy (non-hydrogen) atoms. The number of hydrogen-bond acceptors (Lipinski definition) is 4. The molecule has 94 valence electrons. The monoisotopic (exact) mass is 262 g/mol. The number of aromatic nitrogens is 4. The zero-order chi connectivity index (χ0) is 12.4. The summed E-state index contributed by atoms with van der Waals surface area (Å²) >= 11 is 5.33. The van der Waals surface area contributed by atoms with Crippen LogP contribution in [0, 0.1) is 4.77 Å². The molecule has 3 rings (SSSR count). The van der Waals surface area contributed by atoms with Crippen molar-refractivity contribution in [3.63, 3.8) is 0 Å². The molecule has 1 aliphatic heterocycles. The lowest BCUT2D eigenvalue weighted by molar-refractivity contribution is 0.0591. The van der Waals surface area contributed by atoms with Gasteiger partial charge in [-0.05, 0) is 37.2 Å². The van der Waals surface area contributed by atoms with Gasteiger partial charge in [-0.3, -0.25) is 14.6 Å². The second-order valence-corrected chi connectivity index (χ2v) is 4.72.